The first-order chi connectivity index (χ1) is 11.7. The van der Waals surface area contributed by atoms with Gasteiger partial charge in [0.1, 0.15) is 0 Å². The van der Waals surface area contributed by atoms with Gasteiger partial charge >= 0.3 is 6.03 Å². The molecule has 2 amide bonds. The summed E-state index contributed by atoms with van der Waals surface area (Å²) in [6.45, 7) is 0.631. The molecular weight excluding hydrogens is 298 g/mol. The zero-order chi connectivity index (χ0) is 16.4. The zero-order valence-electron chi connectivity index (χ0n) is 14.1. The Morgan fingerprint density at radius 1 is 1.08 bits per heavy atom. The molecule has 4 heteroatoms. The molecule has 4 rings (SSSR count). The van der Waals surface area contributed by atoms with E-state index in [9.17, 15) is 4.79 Å². The number of aliphatic imine (C=N–C) groups is 1. The molecule has 2 N–H and O–H groups in total. The summed E-state index contributed by atoms with van der Waals surface area (Å²) < 4.78 is 0. The number of hydrogen-bond acceptors (Lipinski definition) is 2. The topological polar surface area (TPSA) is 53.5 Å². The Morgan fingerprint density at radius 2 is 1.83 bits per heavy atom. The molecule has 0 saturated heterocycles. The molecule has 24 heavy (non-hydrogen) atoms. The van der Waals surface area contributed by atoms with E-state index in [0.29, 0.717) is 18.0 Å². The number of urea groups is 1. The molecule has 1 spiro atoms. The lowest BCUT2D eigenvalue weighted by molar-refractivity contribution is 0.0658. The predicted octanol–water partition coefficient (Wildman–Crippen LogP) is 3.79. The summed E-state index contributed by atoms with van der Waals surface area (Å²) in [7, 11) is 0. The van der Waals surface area contributed by atoms with Crippen molar-refractivity contribution in [1.82, 2.24) is 10.6 Å². The number of carbonyl (C=O) groups excluding carboxylic acids is 1. The van der Waals surface area contributed by atoms with Crippen LogP contribution < -0.4 is 10.6 Å². The van der Waals surface area contributed by atoms with E-state index in [1.165, 1.54) is 32.1 Å². The summed E-state index contributed by atoms with van der Waals surface area (Å²) in [5, 5.41) is 6.16. The summed E-state index contributed by atoms with van der Waals surface area (Å²) >= 11 is 0. The van der Waals surface area contributed by atoms with Crippen LogP contribution in [0.2, 0.25) is 0 Å². The highest BCUT2D eigenvalue weighted by Gasteiger charge is 2.40. The number of hydrogen-bond donors (Lipinski definition) is 2. The van der Waals surface area contributed by atoms with Gasteiger partial charge in [-0.05, 0) is 50.0 Å². The Kier molecular flexibility index (Phi) is 4.13. The molecule has 0 unspecified atom stereocenters. The van der Waals surface area contributed by atoms with E-state index >= 15 is 0 Å². The molecule has 0 radical (unpaired) electrons. The van der Waals surface area contributed by atoms with Crippen molar-refractivity contribution in [2.45, 2.75) is 51.0 Å². The Hall–Kier alpha value is -2.10. The number of allylic oxidation sites excluding steroid dienone is 1. The van der Waals surface area contributed by atoms with Gasteiger partial charge in [0.15, 0.2) is 0 Å². The predicted molar refractivity (Wildman–Crippen MR) is 96.1 cm³/mol. The summed E-state index contributed by atoms with van der Waals surface area (Å²) in [6.07, 6.45) is 11.0. The second-order valence-electron chi connectivity index (χ2n) is 7.40. The van der Waals surface area contributed by atoms with Crippen molar-refractivity contribution >= 4 is 11.7 Å². The fourth-order valence-corrected chi connectivity index (χ4v) is 4.26. The number of rotatable bonds is 3. The summed E-state index contributed by atoms with van der Waals surface area (Å²) in [5.41, 5.74) is 3.38. The van der Waals surface area contributed by atoms with Crippen molar-refractivity contribution in [2.24, 2.45) is 10.4 Å². The van der Waals surface area contributed by atoms with Crippen LogP contribution in [0.3, 0.4) is 0 Å². The SMILES string of the molecule is O=C(NC1=CCN=C1c1ccccc1)NC1CCC2(CCC2)CC1. The second kappa shape index (κ2) is 6.42. The van der Waals surface area contributed by atoms with Crippen molar-refractivity contribution in [3.05, 3.63) is 47.7 Å². The van der Waals surface area contributed by atoms with Gasteiger partial charge in [-0.2, -0.15) is 0 Å². The first-order valence-electron chi connectivity index (χ1n) is 9.12. The highest BCUT2D eigenvalue weighted by Crippen LogP contribution is 2.51. The number of amides is 2. The van der Waals surface area contributed by atoms with E-state index in [2.05, 4.69) is 15.6 Å². The highest BCUT2D eigenvalue weighted by molar-refractivity contribution is 6.15. The molecule has 1 heterocycles. The Bertz CT molecular complexity index is 663. The van der Waals surface area contributed by atoms with Gasteiger partial charge in [-0.1, -0.05) is 36.8 Å². The smallest absolute Gasteiger partial charge is 0.319 e. The van der Waals surface area contributed by atoms with Crippen LogP contribution in [0.15, 0.2) is 47.1 Å². The molecule has 126 valence electrons. The van der Waals surface area contributed by atoms with Crippen molar-refractivity contribution in [3.8, 4) is 0 Å². The third-order valence-electron chi connectivity index (χ3n) is 5.89. The Balaban J connectivity index is 1.31. The maximum Gasteiger partial charge on any atom is 0.319 e. The van der Waals surface area contributed by atoms with Crippen LogP contribution in [0, 0.1) is 5.41 Å². The monoisotopic (exact) mass is 323 g/mol. The highest BCUT2D eigenvalue weighted by atomic mass is 16.2. The second-order valence-corrected chi connectivity index (χ2v) is 7.40. The van der Waals surface area contributed by atoms with E-state index in [0.717, 1.165) is 29.8 Å². The van der Waals surface area contributed by atoms with Crippen LogP contribution in [-0.4, -0.2) is 24.3 Å². The number of benzene rings is 1. The van der Waals surface area contributed by atoms with E-state index < -0.39 is 0 Å². The molecule has 3 aliphatic rings. The quantitative estimate of drug-likeness (QED) is 0.874. The largest absolute Gasteiger partial charge is 0.335 e. The molecule has 1 aliphatic heterocycles. The van der Waals surface area contributed by atoms with Gasteiger partial charge in [-0.3, -0.25) is 4.99 Å². The lowest BCUT2D eigenvalue weighted by Gasteiger charge is -2.47. The molecule has 0 bridgehead atoms. The molecule has 2 fully saturated rings. The molecule has 1 aromatic carbocycles. The molecule has 4 nitrogen and oxygen atoms in total. The van der Waals surface area contributed by atoms with E-state index in [-0.39, 0.29) is 6.03 Å². The van der Waals surface area contributed by atoms with Crippen molar-refractivity contribution in [3.63, 3.8) is 0 Å². The first kappa shape index (κ1) is 15.4. The van der Waals surface area contributed by atoms with Crippen molar-refractivity contribution < 1.29 is 4.79 Å². The van der Waals surface area contributed by atoms with Gasteiger partial charge in [0.2, 0.25) is 0 Å². The fourth-order valence-electron chi connectivity index (χ4n) is 4.26. The average molecular weight is 323 g/mol. The standard InChI is InChI=1S/C20H25N3O/c24-19(22-16-7-12-20(13-8-16)10-4-11-20)23-17-9-14-21-18(17)15-5-2-1-3-6-15/h1-3,5-6,9,16H,4,7-8,10-14H2,(H2,22,23,24). The molecule has 2 saturated carbocycles. The zero-order valence-corrected chi connectivity index (χ0v) is 14.1. The molecule has 2 aliphatic carbocycles. The summed E-state index contributed by atoms with van der Waals surface area (Å²) in [5.74, 6) is 0. The van der Waals surface area contributed by atoms with Crippen LogP contribution in [0.5, 0.6) is 0 Å². The van der Waals surface area contributed by atoms with Crippen molar-refractivity contribution in [2.75, 3.05) is 6.54 Å². The van der Waals surface area contributed by atoms with Gasteiger partial charge in [0.05, 0.1) is 18.0 Å². The lowest BCUT2D eigenvalue weighted by atomic mass is 9.60. The van der Waals surface area contributed by atoms with Gasteiger partial charge in [-0.15, -0.1) is 0 Å². The number of carbonyl (C=O) groups is 1. The summed E-state index contributed by atoms with van der Waals surface area (Å²) in [6, 6.07) is 10.2. The molecule has 0 atom stereocenters. The van der Waals surface area contributed by atoms with Crippen LogP contribution in [0.4, 0.5) is 4.79 Å². The van der Waals surface area contributed by atoms with Gasteiger partial charge in [-0.25, -0.2) is 4.79 Å². The van der Waals surface area contributed by atoms with Crippen molar-refractivity contribution in [1.29, 1.82) is 0 Å². The molecular formula is C20H25N3O. The van der Waals surface area contributed by atoms with E-state index in [4.69, 9.17) is 0 Å². The van der Waals surface area contributed by atoms with E-state index in [1.54, 1.807) is 0 Å². The van der Waals surface area contributed by atoms with E-state index in [1.807, 2.05) is 36.4 Å². The number of nitrogens with zero attached hydrogens (tertiary/aromatic N) is 1. The third kappa shape index (κ3) is 3.10. The maximum absolute atomic E-state index is 12.4. The Labute approximate surface area is 143 Å². The maximum atomic E-state index is 12.4. The lowest BCUT2D eigenvalue weighted by Crippen LogP contribution is -2.46. The van der Waals surface area contributed by atoms with Gasteiger partial charge in [0, 0.05) is 11.6 Å². The minimum absolute atomic E-state index is 0.0960. The normalized spacial score (nSPS) is 22.5. The number of nitrogens with one attached hydrogen (secondary N) is 2. The van der Waals surface area contributed by atoms with Gasteiger partial charge < -0.3 is 10.6 Å². The van der Waals surface area contributed by atoms with Crippen LogP contribution in [-0.2, 0) is 0 Å². The van der Waals surface area contributed by atoms with Gasteiger partial charge in [0.25, 0.3) is 0 Å². The molecule has 0 aromatic heterocycles. The summed E-state index contributed by atoms with van der Waals surface area (Å²) in [4.78, 5) is 16.9. The minimum atomic E-state index is -0.0960. The van der Waals surface area contributed by atoms with Crippen LogP contribution >= 0.6 is 0 Å². The molecule has 1 aromatic rings. The third-order valence-corrected chi connectivity index (χ3v) is 5.89. The fraction of sp³-hybridized carbons (Fsp3) is 0.500. The minimum Gasteiger partial charge on any atom is -0.335 e. The Morgan fingerprint density at radius 3 is 2.50 bits per heavy atom. The van der Waals surface area contributed by atoms with Crippen LogP contribution in [0.25, 0.3) is 0 Å². The van der Waals surface area contributed by atoms with Crippen LogP contribution in [0.1, 0.15) is 50.5 Å². The first-order valence-corrected chi connectivity index (χ1v) is 9.12. The average Bonchev–Trinajstić information content (AvgIpc) is 3.03.